The summed E-state index contributed by atoms with van der Waals surface area (Å²) < 4.78 is 0. The second-order valence-corrected chi connectivity index (χ2v) is 8.00. The Hall–Kier alpha value is -1.63. The Labute approximate surface area is 176 Å². The molecule has 1 N–H and O–H groups in total. The minimum atomic E-state index is -0.221. The van der Waals surface area contributed by atoms with Crippen LogP contribution in [0.3, 0.4) is 0 Å². The maximum atomic E-state index is 13.1. The van der Waals surface area contributed by atoms with E-state index >= 15 is 0 Å². The number of hydrogen-bond donors (Lipinski definition) is 1. The normalized spacial score (nSPS) is 27.4. The van der Waals surface area contributed by atoms with E-state index in [9.17, 15) is 14.4 Å². The van der Waals surface area contributed by atoms with E-state index in [0.717, 1.165) is 31.2 Å². The molecule has 28 heavy (non-hydrogen) atoms. The summed E-state index contributed by atoms with van der Waals surface area (Å²) in [6.45, 7) is 1.64. The average Bonchev–Trinajstić information content (AvgIpc) is 2.93. The third kappa shape index (κ3) is 3.78. The Morgan fingerprint density at radius 3 is 2.39 bits per heavy atom. The van der Waals surface area contributed by atoms with E-state index in [4.69, 9.17) is 11.6 Å². The zero-order valence-electron chi connectivity index (χ0n) is 15.6. The molecule has 152 valence electrons. The fourth-order valence-electron chi connectivity index (χ4n) is 4.64. The number of halogens is 2. The largest absolute Gasteiger partial charge is 0.331 e. The van der Waals surface area contributed by atoms with Gasteiger partial charge in [0, 0.05) is 24.7 Å². The third-order valence-corrected chi connectivity index (χ3v) is 6.40. The van der Waals surface area contributed by atoms with Gasteiger partial charge >= 0.3 is 0 Å². The van der Waals surface area contributed by atoms with Gasteiger partial charge in [-0.2, -0.15) is 0 Å². The van der Waals surface area contributed by atoms with Crippen LogP contribution in [0.25, 0.3) is 0 Å². The van der Waals surface area contributed by atoms with Crippen LogP contribution in [-0.2, 0) is 14.4 Å². The molecule has 3 aliphatic rings. The van der Waals surface area contributed by atoms with Gasteiger partial charge in [0.2, 0.25) is 17.7 Å². The van der Waals surface area contributed by atoms with Crippen molar-refractivity contribution in [3.8, 4) is 0 Å². The minimum absolute atomic E-state index is 0. The van der Waals surface area contributed by atoms with Gasteiger partial charge in [-0.3, -0.25) is 19.3 Å². The number of piperazine rings is 1. The number of carbonyl (C=O) groups excluding carboxylic acids is 3. The molecule has 0 bridgehead atoms. The number of likely N-dealkylation sites (tertiary alicyclic amines) is 1. The Morgan fingerprint density at radius 2 is 1.75 bits per heavy atom. The van der Waals surface area contributed by atoms with Crippen LogP contribution in [0.2, 0.25) is 5.02 Å². The second kappa shape index (κ2) is 8.80. The highest BCUT2D eigenvalue weighted by molar-refractivity contribution is 6.31. The van der Waals surface area contributed by atoms with E-state index in [1.165, 1.54) is 4.90 Å². The number of nitrogens with one attached hydrogen (secondary N) is 1. The molecule has 1 aromatic rings. The second-order valence-electron chi connectivity index (χ2n) is 7.59. The SMILES string of the molecule is Cl.O=C1C2CCCCC2C(=O)N1CC(=O)N1CCNCC1c1ccccc1Cl. The predicted molar refractivity (Wildman–Crippen MR) is 108 cm³/mol. The molecule has 3 amide bonds. The number of hydrogen-bond acceptors (Lipinski definition) is 4. The summed E-state index contributed by atoms with van der Waals surface area (Å²) in [4.78, 5) is 41.4. The van der Waals surface area contributed by atoms with Gasteiger partial charge in [-0.25, -0.2) is 0 Å². The number of rotatable bonds is 3. The van der Waals surface area contributed by atoms with Crippen molar-refractivity contribution in [1.29, 1.82) is 0 Å². The quantitative estimate of drug-likeness (QED) is 0.754. The Balaban J connectivity index is 0.00000225. The third-order valence-electron chi connectivity index (χ3n) is 6.05. The molecule has 3 fully saturated rings. The van der Waals surface area contributed by atoms with E-state index in [2.05, 4.69) is 5.32 Å². The molecule has 2 heterocycles. The van der Waals surface area contributed by atoms with Crippen molar-refractivity contribution in [3.63, 3.8) is 0 Å². The Bertz CT molecular complexity index is 749. The van der Waals surface area contributed by atoms with Crippen LogP contribution in [0.4, 0.5) is 0 Å². The zero-order valence-corrected chi connectivity index (χ0v) is 17.2. The highest BCUT2D eigenvalue weighted by Gasteiger charge is 2.49. The van der Waals surface area contributed by atoms with Crippen LogP contribution in [0.5, 0.6) is 0 Å². The van der Waals surface area contributed by atoms with Crippen LogP contribution in [0.15, 0.2) is 24.3 Å². The van der Waals surface area contributed by atoms with E-state index in [1.807, 2.05) is 24.3 Å². The molecule has 0 spiro atoms. The topological polar surface area (TPSA) is 69.7 Å². The van der Waals surface area contributed by atoms with Gasteiger partial charge in [-0.05, 0) is 24.5 Å². The molecule has 3 unspecified atom stereocenters. The lowest BCUT2D eigenvalue weighted by atomic mass is 9.81. The first-order valence-electron chi connectivity index (χ1n) is 9.67. The molecular weight excluding hydrogens is 401 g/mol. The monoisotopic (exact) mass is 425 g/mol. The summed E-state index contributed by atoms with van der Waals surface area (Å²) >= 11 is 6.34. The van der Waals surface area contributed by atoms with Gasteiger partial charge in [-0.15, -0.1) is 12.4 Å². The summed E-state index contributed by atoms with van der Waals surface area (Å²) in [5.41, 5.74) is 0.882. The van der Waals surface area contributed by atoms with Crippen molar-refractivity contribution < 1.29 is 14.4 Å². The standard InChI is InChI=1S/C20H24ClN3O3.ClH/c21-16-8-4-3-7-15(16)17-11-22-9-10-23(17)18(25)12-24-19(26)13-5-1-2-6-14(13)20(24)27;/h3-4,7-8,13-14,17,22H,1-2,5-6,9-12H2;1H. The Kier molecular flexibility index (Phi) is 6.63. The van der Waals surface area contributed by atoms with Gasteiger partial charge < -0.3 is 10.2 Å². The maximum absolute atomic E-state index is 13.1. The van der Waals surface area contributed by atoms with Gasteiger partial charge in [0.25, 0.3) is 0 Å². The molecule has 0 aromatic heterocycles. The molecule has 1 aromatic carbocycles. The van der Waals surface area contributed by atoms with Crippen molar-refractivity contribution in [2.45, 2.75) is 31.7 Å². The number of nitrogens with zero attached hydrogens (tertiary/aromatic N) is 2. The zero-order chi connectivity index (χ0) is 19.0. The fourth-order valence-corrected chi connectivity index (χ4v) is 4.90. The highest BCUT2D eigenvalue weighted by Crippen LogP contribution is 2.38. The lowest BCUT2D eigenvalue weighted by Crippen LogP contribution is -2.52. The first kappa shape index (κ1) is 21.1. The van der Waals surface area contributed by atoms with Crippen LogP contribution in [0, 0.1) is 11.8 Å². The fraction of sp³-hybridized carbons (Fsp3) is 0.550. The number of amides is 3. The van der Waals surface area contributed by atoms with E-state index in [0.29, 0.717) is 24.7 Å². The van der Waals surface area contributed by atoms with E-state index in [-0.39, 0.29) is 54.6 Å². The maximum Gasteiger partial charge on any atom is 0.243 e. The minimum Gasteiger partial charge on any atom is -0.331 e. The summed E-state index contributed by atoms with van der Waals surface area (Å²) in [5, 5.41) is 3.91. The van der Waals surface area contributed by atoms with Crippen molar-refractivity contribution in [2.75, 3.05) is 26.2 Å². The van der Waals surface area contributed by atoms with Crippen molar-refractivity contribution in [3.05, 3.63) is 34.9 Å². The molecule has 1 aliphatic carbocycles. The van der Waals surface area contributed by atoms with Gasteiger partial charge in [0.15, 0.2) is 0 Å². The lowest BCUT2D eigenvalue weighted by molar-refractivity contribution is -0.148. The molecular formula is C20H25Cl2N3O3. The van der Waals surface area contributed by atoms with Crippen molar-refractivity contribution in [2.24, 2.45) is 11.8 Å². The van der Waals surface area contributed by atoms with E-state index < -0.39 is 0 Å². The van der Waals surface area contributed by atoms with Crippen LogP contribution >= 0.6 is 24.0 Å². The number of imide groups is 1. The lowest BCUT2D eigenvalue weighted by Gasteiger charge is -2.37. The first-order chi connectivity index (χ1) is 13.1. The predicted octanol–water partition coefficient (Wildman–Crippen LogP) is 2.41. The summed E-state index contributed by atoms with van der Waals surface area (Å²) in [5.74, 6) is -0.963. The smallest absolute Gasteiger partial charge is 0.243 e. The Morgan fingerprint density at radius 1 is 1.11 bits per heavy atom. The summed E-state index contributed by atoms with van der Waals surface area (Å²) in [6.07, 6.45) is 3.48. The number of fused-ring (bicyclic) bond motifs is 1. The molecule has 1 saturated carbocycles. The molecule has 2 saturated heterocycles. The summed E-state index contributed by atoms with van der Waals surface area (Å²) in [6, 6.07) is 7.29. The number of benzene rings is 1. The van der Waals surface area contributed by atoms with Gasteiger partial charge in [0.05, 0.1) is 17.9 Å². The highest BCUT2D eigenvalue weighted by atomic mass is 35.5. The number of carbonyl (C=O) groups is 3. The first-order valence-corrected chi connectivity index (χ1v) is 10.1. The van der Waals surface area contributed by atoms with Crippen LogP contribution in [0.1, 0.15) is 37.3 Å². The molecule has 2 aliphatic heterocycles. The van der Waals surface area contributed by atoms with Gasteiger partial charge in [0.1, 0.15) is 6.54 Å². The van der Waals surface area contributed by atoms with Crippen molar-refractivity contribution >= 4 is 41.7 Å². The van der Waals surface area contributed by atoms with Crippen LogP contribution in [-0.4, -0.2) is 53.7 Å². The molecule has 4 rings (SSSR count). The van der Waals surface area contributed by atoms with Gasteiger partial charge in [-0.1, -0.05) is 42.6 Å². The summed E-state index contributed by atoms with van der Waals surface area (Å²) in [7, 11) is 0. The average molecular weight is 426 g/mol. The van der Waals surface area contributed by atoms with Crippen molar-refractivity contribution in [1.82, 2.24) is 15.1 Å². The molecule has 0 radical (unpaired) electrons. The molecule has 3 atom stereocenters. The van der Waals surface area contributed by atoms with Crippen LogP contribution < -0.4 is 5.32 Å². The van der Waals surface area contributed by atoms with E-state index in [1.54, 1.807) is 4.90 Å². The molecule has 8 heteroatoms. The molecule has 6 nitrogen and oxygen atoms in total.